The predicted molar refractivity (Wildman–Crippen MR) is 224 cm³/mol. The van der Waals surface area contributed by atoms with Crippen molar-refractivity contribution in [3.05, 3.63) is 130 Å². The molecule has 2 aliphatic rings. The molecular formula is C44H49N5O7S2. The molecule has 7 rings (SSSR count). The highest BCUT2D eigenvalue weighted by Gasteiger charge is 2.31. The molecule has 12 nitrogen and oxygen atoms in total. The summed E-state index contributed by atoms with van der Waals surface area (Å²) in [5.41, 5.74) is 7.68. The van der Waals surface area contributed by atoms with E-state index in [0.717, 1.165) is 64.6 Å². The molecule has 2 N–H and O–H groups in total. The maximum absolute atomic E-state index is 13.3. The van der Waals surface area contributed by atoms with E-state index in [0.29, 0.717) is 48.7 Å². The van der Waals surface area contributed by atoms with Crippen LogP contribution in [0.2, 0.25) is 0 Å². The van der Waals surface area contributed by atoms with E-state index in [9.17, 15) is 31.5 Å². The van der Waals surface area contributed by atoms with Gasteiger partial charge in [-0.25, -0.2) is 31.6 Å². The number of hydrogen-bond donors (Lipinski definition) is 2. The molecule has 0 atom stereocenters. The second-order valence-electron chi connectivity index (χ2n) is 14.9. The SMILES string of the molecule is Cc1ccc(-c2cc(S(=O)(=O)N3CCCC3)cc(C(=O)NCc3cnc(C)nc3)c2C)cc1.Cc1ccc(-c2cc(S(=O)(=O)N3CCCC3)cc(C(=O)O)c2C)cc1. The number of carboxylic acids is 1. The van der Waals surface area contributed by atoms with Crippen LogP contribution in [0.5, 0.6) is 0 Å². The van der Waals surface area contributed by atoms with Gasteiger partial charge in [-0.05, 0) is 118 Å². The molecule has 0 unspecified atom stereocenters. The average Bonchev–Trinajstić information content (AvgIpc) is 3.96. The van der Waals surface area contributed by atoms with Gasteiger partial charge in [-0.15, -0.1) is 0 Å². The second-order valence-corrected chi connectivity index (χ2v) is 18.7. The summed E-state index contributed by atoms with van der Waals surface area (Å²) in [4.78, 5) is 33.3. The molecule has 1 aromatic heterocycles. The Morgan fingerprint density at radius 3 is 1.43 bits per heavy atom. The van der Waals surface area contributed by atoms with Crippen molar-refractivity contribution in [2.75, 3.05) is 26.2 Å². The molecule has 2 saturated heterocycles. The van der Waals surface area contributed by atoms with Crippen molar-refractivity contribution in [3.63, 3.8) is 0 Å². The summed E-state index contributed by atoms with van der Waals surface area (Å²) < 4.78 is 55.4. The highest BCUT2D eigenvalue weighted by atomic mass is 32.2. The molecular weight excluding hydrogens is 775 g/mol. The molecule has 0 radical (unpaired) electrons. The normalized spacial score (nSPS) is 14.8. The van der Waals surface area contributed by atoms with Gasteiger partial charge in [-0.2, -0.15) is 8.61 Å². The number of sulfonamides is 2. The van der Waals surface area contributed by atoms with Gasteiger partial charge in [0.25, 0.3) is 5.91 Å². The Balaban J connectivity index is 0.000000203. The highest BCUT2D eigenvalue weighted by Crippen LogP contribution is 2.33. The van der Waals surface area contributed by atoms with Crippen molar-refractivity contribution < 1.29 is 31.5 Å². The van der Waals surface area contributed by atoms with Gasteiger partial charge in [0.1, 0.15) is 5.82 Å². The van der Waals surface area contributed by atoms with Crippen LogP contribution >= 0.6 is 0 Å². The Morgan fingerprint density at radius 1 is 0.621 bits per heavy atom. The molecule has 58 heavy (non-hydrogen) atoms. The summed E-state index contributed by atoms with van der Waals surface area (Å²) in [6, 6.07) is 21.6. The van der Waals surface area contributed by atoms with Gasteiger partial charge in [0, 0.05) is 56.2 Å². The largest absolute Gasteiger partial charge is 0.478 e. The standard InChI is InChI=1S/C25H28N4O3S.C19H21NO4S/c1-17-6-8-21(9-7-17)23-12-22(33(31,32)29-10-4-5-11-29)13-24(18(23)2)25(30)28-16-20-14-26-19(3)27-15-20;1-13-5-7-15(8-6-13)17-11-16(12-18(14(17)2)19(21)22)25(23,24)20-9-3-4-10-20/h6-9,12-15H,4-5,10-11,16H2,1-3H3,(H,28,30);5-8,11-12H,3-4,9-10H2,1-2H3,(H,21,22). The van der Waals surface area contributed by atoms with Crippen molar-refractivity contribution in [1.29, 1.82) is 0 Å². The fourth-order valence-electron chi connectivity index (χ4n) is 7.14. The minimum Gasteiger partial charge on any atom is -0.478 e. The van der Waals surface area contributed by atoms with E-state index in [2.05, 4.69) is 15.3 Å². The molecule has 1 amide bonds. The van der Waals surface area contributed by atoms with Crippen molar-refractivity contribution >= 4 is 31.9 Å². The fourth-order valence-corrected chi connectivity index (χ4v) is 10.3. The van der Waals surface area contributed by atoms with Gasteiger partial charge in [0.05, 0.1) is 15.4 Å². The van der Waals surface area contributed by atoms with Gasteiger partial charge in [-0.1, -0.05) is 59.7 Å². The summed E-state index contributed by atoms with van der Waals surface area (Å²) in [5, 5.41) is 12.4. The number of amides is 1. The zero-order chi connectivity index (χ0) is 41.8. The van der Waals surface area contributed by atoms with Gasteiger partial charge < -0.3 is 10.4 Å². The summed E-state index contributed by atoms with van der Waals surface area (Å²) in [6.07, 6.45) is 6.70. The first-order valence-corrected chi connectivity index (χ1v) is 22.2. The van der Waals surface area contributed by atoms with Crippen molar-refractivity contribution in [2.24, 2.45) is 0 Å². The number of aryl methyl sites for hydroxylation is 3. The Kier molecular flexibility index (Phi) is 12.9. The molecule has 0 bridgehead atoms. The van der Waals surface area contributed by atoms with Gasteiger partial charge in [0.2, 0.25) is 20.0 Å². The smallest absolute Gasteiger partial charge is 0.336 e. The fraction of sp³-hybridized carbons (Fsp3) is 0.318. The molecule has 2 aliphatic heterocycles. The van der Waals surface area contributed by atoms with Crippen LogP contribution in [0.25, 0.3) is 22.3 Å². The Labute approximate surface area is 341 Å². The zero-order valence-corrected chi connectivity index (χ0v) is 35.1. The lowest BCUT2D eigenvalue weighted by Crippen LogP contribution is -2.29. The number of aromatic carboxylic acids is 1. The highest BCUT2D eigenvalue weighted by molar-refractivity contribution is 7.89. The van der Waals surface area contributed by atoms with Crippen LogP contribution < -0.4 is 5.32 Å². The number of aromatic nitrogens is 2. The molecule has 3 heterocycles. The van der Waals surface area contributed by atoms with E-state index >= 15 is 0 Å². The minimum absolute atomic E-state index is 0.0239. The first-order valence-electron chi connectivity index (χ1n) is 19.3. The average molecular weight is 824 g/mol. The summed E-state index contributed by atoms with van der Waals surface area (Å²) in [5.74, 6) is -0.798. The predicted octanol–water partition coefficient (Wildman–Crippen LogP) is 7.24. The number of hydrogen-bond acceptors (Lipinski definition) is 8. The Bertz CT molecular complexity index is 2530. The van der Waals surface area contributed by atoms with Crippen LogP contribution in [0.4, 0.5) is 0 Å². The van der Waals surface area contributed by atoms with E-state index in [1.165, 1.54) is 20.7 Å². The summed E-state index contributed by atoms with van der Waals surface area (Å²) in [7, 11) is -7.37. The molecule has 0 saturated carbocycles. The molecule has 0 aliphatic carbocycles. The number of carboxylic acid groups (broad SMARTS) is 1. The third-order valence-corrected chi connectivity index (χ3v) is 14.4. The lowest BCUT2D eigenvalue weighted by Gasteiger charge is -2.19. The third-order valence-electron chi connectivity index (χ3n) is 10.7. The monoisotopic (exact) mass is 823 g/mol. The lowest BCUT2D eigenvalue weighted by atomic mass is 9.95. The molecule has 14 heteroatoms. The van der Waals surface area contributed by atoms with E-state index in [4.69, 9.17) is 0 Å². The maximum atomic E-state index is 13.3. The Hall–Kier alpha value is -5.28. The first-order chi connectivity index (χ1) is 27.6. The number of carbonyl (C=O) groups is 2. The maximum Gasteiger partial charge on any atom is 0.336 e. The number of rotatable bonds is 10. The molecule has 2 fully saturated rings. The van der Waals surface area contributed by atoms with Crippen LogP contribution in [-0.4, -0.2) is 78.6 Å². The van der Waals surface area contributed by atoms with Crippen LogP contribution in [0.3, 0.4) is 0 Å². The number of nitrogens with zero attached hydrogens (tertiary/aromatic N) is 4. The summed E-state index contributed by atoms with van der Waals surface area (Å²) in [6.45, 7) is 11.6. The van der Waals surface area contributed by atoms with Gasteiger partial charge >= 0.3 is 5.97 Å². The molecule has 4 aromatic carbocycles. The van der Waals surface area contributed by atoms with Crippen LogP contribution in [0, 0.1) is 34.6 Å². The molecule has 5 aromatic rings. The van der Waals surface area contributed by atoms with Crippen molar-refractivity contribution in [1.82, 2.24) is 23.9 Å². The first kappa shape index (κ1) is 42.3. The minimum atomic E-state index is -3.69. The van der Waals surface area contributed by atoms with Gasteiger partial charge in [-0.3, -0.25) is 4.79 Å². The Morgan fingerprint density at radius 2 is 1.02 bits per heavy atom. The zero-order valence-electron chi connectivity index (χ0n) is 33.4. The van der Waals surface area contributed by atoms with E-state index < -0.39 is 26.0 Å². The molecule has 0 spiro atoms. The van der Waals surface area contributed by atoms with E-state index in [1.807, 2.05) is 69.3 Å². The van der Waals surface area contributed by atoms with Crippen LogP contribution in [0.15, 0.2) is 95.0 Å². The quantitative estimate of drug-likeness (QED) is 0.148. The topological polar surface area (TPSA) is 167 Å². The van der Waals surface area contributed by atoms with E-state index in [1.54, 1.807) is 38.4 Å². The van der Waals surface area contributed by atoms with Crippen molar-refractivity contribution in [3.8, 4) is 22.3 Å². The molecule has 304 valence electrons. The second kappa shape index (κ2) is 17.7. The van der Waals surface area contributed by atoms with E-state index in [-0.39, 0.29) is 27.8 Å². The number of benzene rings is 4. The van der Waals surface area contributed by atoms with Crippen LogP contribution in [0.1, 0.15) is 80.0 Å². The van der Waals surface area contributed by atoms with Crippen molar-refractivity contribution in [2.45, 2.75) is 76.6 Å². The van der Waals surface area contributed by atoms with Gasteiger partial charge in [0.15, 0.2) is 0 Å². The lowest BCUT2D eigenvalue weighted by molar-refractivity contribution is 0.0695. The third kappa shape index (κ3) is 9.36. The number of nitrogens with one attached hydrogen (secondary N) is 1. The van der Waals surface area contributed by atoms with Crippen LogP contribution in [-0.2, 0) is 26.6 Å². The number of carbonyl (C=O) groups excluding carboxylic acids is 1. The summed E-state index contributed by atoms with van der Waals surface area (Å²) >= 11 is 0.